The maximum absolute atomic E-state index is 12.2. The molecule has 0 bridgehead atoms. The van der Waals surface area contributed by atoms with E-state index in [0.29, 0.717) is 11.3 Å². The van der Waals surface area contributed by atoms with Gasteiger partial charge in [-0.2, -0.15) is 0 Å². The number of aliphatic hydroxyl groups is 1. The summed E-state index contributed by atoms with van der Waals surface area (Å²) < 4.78 is 0. The van der Waals surface area contributed by atoms with Gasteiger partial charge < -0.3 is 21.1 Å². The lowest BCUT2D eigenvalue weighted by Crippen LogP contribution is -2.43. The van der Waals surface area contributed by atoms with E-state index >= 15 is 0 Å². The Labute approximate surface area is 124 Å². The van der Waals surface area contributed by atoms with Crippen molar-refractivity contribution in [2.45, 2.75) is 39.2 Å². The molecule has 1 heterocycles. The van der Waals surface area contributed by atoms with Gasteiger partial charge in [-0.15, -0.1) is 0 Å². The first-order valence-electron chi connectivity index (χ1n) is 6.71. The highest BCUT2D eigenvalue weighted by atomic mass is 32.1. The second-order valence-corrected chi connectivity index (χ2v) is 6.42. The smallest absolute Gasteiger partial charge is 0.265 e. The molecule has 0 aliphatic rings. The summed E-state index contributed by atoms with van der Waals surface area (Å²) in [7, 11) is 1.93. The third-order valence-electron chi connectivity index (χ3n) is 2.92. The molecule has 0 aliphatic heterocycles. The average molecular weight is 300 g/mol. The van der Waals surface area contributed by atoms with Crippen molar-refractivity contribution in [1.29, 1.82) is 0 Å². The SMILES string of the molecule is CCCN(C)c1nc(N)c(C(=O)NC(C)(C)CCO)s1. The van der Waals surface area contributed by atoms with Crippen LogP contribution in [0.5, 0.6) is 0 Å². The highest BCUT2D eigenvalue weighted by Crippen LogP contribution is 2.28. The number of thiazole rings is 1. The fourth-order valence-electron chi connectivity index (χ4n) is 1.78. The Morgan fingerprint density at radius 1 is 1.55 bits per heavy atom. The Hall–Kier alpha value is -1.34. The van der Waals surface area contributed by atoms with Crippen LogP contribution in [0.2, 0.25) is 0 Å². The molecule has 114 valence electrons. The van der Waals surface area contributed by atoms with Gasteiger partial charge in [-0.05, 0) is 26.7 Å². The van der Waals surface area contributed by atoms with E-state index in [1.807, 2.05) is 25.8 Å². The number of carbonyl (C=O) groups excluding carboxylic acids is 1. The molecule has 0 aliphatic carbocycles. The second kappa shape index (κ2) is 6.90. The summed E-state index contributed by atoms with van der Waals surface area (Å²) in [4.78, 5) is 18.9. The van der Waals surface area contributed by atoms with Crippen LogP contribution in [-0.2, 0) is 0 Å². The number of carbonyl (C=O) groups is 1. The van der Waals surface area contributed by atoms with E-state index in [-0.39, 0.29) is 18.3 Å². The number of aromatic nitrogens is 1. The third kappa shape index (κ3) is 4.35. The first kappa shape index (κ1) is 16.7. The fraction of sp³-hybridized carbons (Fsp3) is 0.692. The predicted octanol–water partition coefficient (Wildman–Crippen LogP) is 1.46. The van der Waals surface area contributed by atoms with Crippen LogP contribution in [0.4, 0.5) is 10.9 Å². The van der Waals surface area contributed by atoms with Gasteiger partial charge in [0.25, 0.3) is 5.91 Å². The third-order valence-corrected chi connectivity index (χ3v) is 4.11. The molecule has 0 spiro atoms. The minimum Gasteiger partial charge on any atom is -0.396 e. The molecule has 1 aromatic heterocycles. The van der Waals surface area contributed by atoms with Gasteiger partial charge in [0.15, 0.2) is 5.13 Å². The van der Waals surface area contributed by atoms with Crippen molar-refractivity contribution in [2.75, 3.05) is 30.8 Å². The number of amides is 1. The lowest BCUT2D eigenvalue weighted by molar-refractivity contribution is 0.0904. The van der Waals surface area contributed by atoms with Crippen LogP contribution in [0.15, 0.2) is 0 Å². The zero-order valence-electron chi connectivity index (χ0n) is 12.6. The van der Waals surface area contributed by atoms with Crippen molar-refractivity contribution in [3.05, 3.63) is 4.88 Å². The number of aliphatic hydroxyl groups excluding tert-OH is 1. The molecule has 0 unspecified atom stereocenters. The maximum atomic E-state index is 12.2. The molecule has 0 radical (unpaired) electrons. The van der Waals surface area contributed by atoms with Crippen LogP contribution >= 0.6 is 11.3 Å². The minimum atomic E-state index is -0.474. The largest absolute Gasteiger partial charge is 0.396 e. The van der Waals surface area contributed by atoms with Gasteiger partial charge in [-0.25, -0.2) is 4.98 Å². The topological polar surface area (TPSA) is 91.5 Å². The molecule has 1 rings (SSSR count). The normalized spacial score (nSPS) is 11.4. The Morgan fingerprint density at radius 2 is 2.20 bits per heavy atom. The zero-order valence-corrected chi connectivity index (χ0v) is 13.4. The molecular formula is C13H24N4O2S. The van der Waals surface area contributed by atoms with Crippen LogP contribution in [-0.4, -0.2) is 41.7 Å². The van der Waals surface area contributed by atoms with Gasteiger partial charge in [0.1, 0.15) is 10.7 Å². The van der Waals surface area contributed by atoms with Crippen LogP contribution in [0.1, 0.15) is 43.3 Å². The van der Waals surface area contributed by atoms with Gasteiger partial charge >= 0.3 is 0 Å². The van der Waals surface area contributed by atoms with Crippen molar-refractivity contribution < 1.29 is 9.90 Å². The van der Waals surface area contributed by atoms with Crippen molar-refractivity contribution >= 4 is 28.2 Å². The van der Waals surface area contributed by atoms with Crippen molar-refractivity contribution in [3.63, 3.8) is 0 Å². The molecule has 6 nitrogen and oxygen atoms in total. The van der Waals surface area contributed by atoms with Crippen LogP contribution in [0.3, 0.4) is 0 Å². The van der Waals surface area contributed by atoms with Crippen LogP contribution in [0.25, 0.3) is 0 Å². The summed E-state index contributed by atoms with van der Waals surface area (Å²) in [6, 6.07) is 0. The van der Waals surface area contributed by atoms with Gasteiger partial charge in [-0.1, -0.05) is 18.3 Å². The second-order valence-electron chi connectivity index (χ2n) is 5.44. The first-order valence-corrected chi connectivity index (χ1v) is 7.53. The summed E-state index contributed by atoms with van der Waals surface area (Å²) in [6.07, 6.45) is 1.49. The van der Waals surface area contributed by atoms with Crippen molar-refractivity contribution in [1.82, 2.24) is 10.3 Å². The number of hydrogen-bond acceptors (Lipinski definition) is 6. The molecule has 20 heavy (non-hydrogen) atoms. The van der Waals surface area contributed by atoms with E-state index in [1.165, 1.54) is 11.3 Å². The fourth-order valence-corrected chi connectivity index (χ4v) is 2.65. The number of anilines is 2. The number of rotatable bonds is 7. The summed E-state index contributed by atoms with van der Waals surface area (Å²) in [5.74, 6) is 0.0138. The monoisotopic (exact) mass is 300 g/mol. The Bertz CT molecular complexity index is 459. The Morgan fingerprint density at radius 3 is 2.75 bits per heavy atom. The highest BCUT2D eigenvalue weighted by molar-refractivity contribution is 7.18. The van der Waals surface area contributed by atoms with E-state index in [9.17, 15) is 4.79 Å². The van der Waals surface area contributed by atoms with E-state index in [0.717, 1.165) is 18.1 Å². The number of nitrogens with zero attached hydrogens (tertiary/aromatic N) is 2. The predicted molar refractivity (Wildman–Crippen MR) is 83.3 cm³/mol. The Balaban J connectivity index is 2.84. The van der Waals surface area contributed by atoms with Gasteiger partial charge in [0, 0.05) is 25.7 Å². The minimum absolute atomic E-state index is 0.0238. The van der Waals surface area contributed by atoms with Crippen molar-refractivity contribution in [3.8, 4) is 0 Å². The number of hydrogen-bond donors (Lipinski definition) is 3. The van der Waals surface area contributed by atoms with E-state index in [1.54, 1.807) is 0 Å². The standard InChI is InChI=1S/C13H24N4O2S/c1-5-7-17(4)12-15-10(14)9(20-12)11(19)16-13(2,3)6-8-18/h18H,5-8,14H2,1-4H3,(H,16,19). The molecule has 0 saturated carbocycles. The molecule has 0 fully saturated rings. The molecule has 0 atom stereocenters. The maximum Gasteiger partial charge on any atom is 0.265 e. The molecule has 0 saturated heterocycles. The Kier molecular flexibility index (Phi) is 5.76. The lowest BCUT2D eigenvalue weighted by atomic mass is 10.0. The quantitative estimate of drug-likeness (QED) is 0.709. The highest BCUT2D eigenvalue weighted by Gasteiger charge is 2.24. The molecule has 1 amide bonds. The average Bonchev–Trinajstić information content (AvgIpc) is 2.71. The summed E-state index contributed by atoms with van der Waals surface area (Å²) >= 11 is 1.29. The van der Waals surface area contributed by atoms with Crippen molar-refractivity contribution in [2.24, 2.45) is 0 Å². The molecule has 0 aromatic carbocycles. The molecular weight excluding hydrogens is 276 g/mol. The van der Waals surface area contributed by atoms with E-state index in [4.69, 9.17) is 10.8 Å². The van der Waals surface area contributed by atoms with Gasteiger partial charge in [0.05, 0.1) is 0 Å². The number of nitrogens with one attached hydrogen (secondary N) is 1. The zero-order chi connectivity index (χ0) is 15.3. The molecule has 7 heteroatoms. The lowest BCUT2D eigenvalue weighted by Gasteiger charge is -2.24. The molecule has 4 N–H and O–H groups in total. The van der Waals surface area contributed by atoms with Gasteiger partial charge in [0.2, 0.25) is 0 Å². The number of nitrogens with two attached hydrogens (primary N) is 1. The van der Waals surface area contributed by atoms with Gasteiger partial charge in [-0.3, -0.25) is 4.79 Å². The molecule has 1 aromatic rings. The first-order chi connectivity index (χ1) is 9.30. The summed E-state index contributed by atoms with van der Waals surface area (Å²) in [5.41, 5.74) is 5.36. The summed E-state index contributed by atoms with van der Waals surface area (Å²) in [5, 5.41) is 12.6. The number of nitrogen functional groups attached to an aromatic ring is 1. The van der Waals surface area contributed by atoms with E-state index < -0.39 is 5.54 Å². The summed E-state index contributed by atoms with van der Waals surface area (Å²) in [6.45, 7) is 6.70. The van der Waals surface area contributed by atoms with Crippen LogP contribution in [0, 0.1) is 0 Å². The van der Waals surface area contributed by atoms with Crippen LogP contribution < -0.4 is 16.0 Å². The van der Waals surface area contributed by atoms with E-state index in [2.05, 4.69) is 17.2 Å².